The zero-order valence-electron chi connectivity index (χ0n) is 16.1. The number of likely N-dealkylation sites (N-methyl/N-ethyl adjacent to an activating group) is 1. The lowest BCUT2D eigenvalue weighted by Crippen LogP contribution is -2.55. The summed E-state index contributed by atoms with van der Waals surface area (Å²) in [6.07, 6.45) is 0.815. The van der Waals surface area contributed by atoms with Crippen LogP contribution in [0.25, 0.3) is 10.9 Å². The second kappa shape index (κ2) is 6.47. The van der Waals surface area contributed by atoms with Crippen molar-refractivity contribution in [2.75, 3.05) is 27.2 Å². The molecule has 0 aliphatic carbocycles. The fourth-order valence-electron chi connectivity index (χ4n) is 3.94. The van der Waals surface area contributed by atoms with Crippen LogP contribution in [-0.2, 0) is 4.79 Å². The van der Waals surface area contributed by atoms with E-state index >= 15 is 0 Å². The fraction of sp³-hybridized carbons (Fsp3) is 0.400. The highest BCUT2D eigenvalue weighted by molar-refractivity contribution is 6.07. The topological polar surface area (TPSA) is 91.8 Å². The first-order valence-corrected chi connectivity index (χ1v) is 9.19. The van der Waals surface area contributed by atoms with Gasteiger partial charge in [0.15, 0.2) is 0 Å². The number of benzene rings is 1. The van der Waals surface area contributed by atoms with Crippen LogP contribution in [0.15, 0.2) is 24.3 Å². The Morgan fingerprint density at radius 3 is 2.54 bits per heavy atom. The highest BCUT2D eigenvalue weighted by Crippen LogP contribution is 2.30. The molecule has 2 aliphatic heterocycles. The molecule has 4 amide bonds. The molecule has 1 spiro atoms. The maximum Gasteiger partial charge on any atom is 0.324 e. The Hall–Kier alpha value is -3.16. The van der Waals surface area contributed by atoms with Gasteiger partial charge in [0.2, 0.25) is 0 Å². The quantitative estimate of drug-likeness (QED) is 0.799. The predicted octanol–water partition coefficient (Wildman–Crippen LogP) is 1.71. The molecule has 146 valence electrons. The molecule has 2 saturated heterocycles. The number of carbonyl (C=O) groups is 3. The molecule has 0 unspecified atom stereocenters. The van der Waals surface area contributed by atoms with Crippen molar-refractivity contribution in [3.63, 3.8) is 0 Å². The van der Waals surface area contributed by atoms with Gasteiger partial charge in [-0.3, -0.25) is 19.5 Å². The number of pyridine rings is 1. The summed E-state index contributed by atoms with van der Waals surface area (Å²) in [7, 11) is 3.08. The number of piperidine rings is 1. The molecule has 8 nitrogen and oxygen atoms in total. The van der Waals surface area contributed by atoms with Crippen LogP contribution in [0.3, 0.4) is 0 Å². The lowest BCUT2D eigenvalue weighted by Gasteiger charge is -2.37. The summed E-state index contributed by atoms with van der Waals surface area (Å²) in [5.74, 6) is 0.387. The minimum Gasteiger partial charge on any atom is -0.497 e. The second-order valence-electron chi connectivity index (χ2n) is 7.35. The number of carbonyl (C=O) groups excluding carboxylic acids is 3. The van der Waals surface area contributed by atoms with E-state index in [0.717, 1.165) is 15.8 Å². The Balaban J connectivity index is 1.55. The van der Waals surface area contributed by atoms with Crippen molar-refractivity contribution >= 4 is 28.7 Å². The largest absolute Gasteiger partial charge is 0.497 e. The van der Waals surface area contributed by atoms with Crippen LogP contribution in [0.4, 0.5) is 4.79 Å². The zero-order valence-corrected chi connectivity index (χ0v) is 16.1. The van der Waals surface area contributed by atoms with E-state index in [1.54, 1.807) is 12.0 Å². The highest BCUT2D eigenvalue weighted by Gasteiger charge is 2.51. The number of hydrogen-bond donors (Lipinski definition) is 1. The normalized spacial score (nSPS) is 18.7. The van der Waals surface area contributed by atoms with Gasteiger partial charge in [0.05, 0.1) is 23.9 Å². The first-order valence-electron chi connectivity index (χ1n) is 9.19. The van der Waals surface area contributed by atoms with E-state index in [-0.39, 0.29) is 17.8 Å². The molecule has 0 atom stereocenters. The molecule has 2 fully saturated rings. The third-order valence-corrected chi connectivity index (χ3v) is 5.71. The van der Waals surface area contributed by atoms with Crippen LogP contribution in [0, 0.1) is 6.92 Å². The number of amides is 4. The Bertz CT molecular complexity index is 995. The Morgan fingerprint density at radius 2 is 1.93 bits per heavy atom. The molecule has 2 aliphatic rings. The summed E-state index contributed by atoms with van der Waals surface area (Å²) in [4.78, 5) is 44.7. The molecule has 1 aromatic heterocycles. The first kappa shape index (κ1) is 18.2. The number of urea groups is 1. The number of hydrogen-bond acceptors (Lipinski definition) is 5. The lowest BCUT2D eigenvalue weighted by atomic mass is 9.87. The van der Waals surface area contributed by atoms with Crippen molar-refractivity contribution in [1.29, 1.82) is 0 Å². The summed E-state index contributed by atoms with van der Waals surface area (Å²) in [5.41, 5.74) is 1.09. The van der Waals surface area contributed by atoms with E-state index < -0.39 is 5.54 Å². The van der Waals surface area contributed by atoms with E-state index in [1.165, 1.54) is 7.05 Å². The molecule has 3 heterocycles. The van der Waals surface area contributed by atoms with Gasteiger partial charge < -0.3 is 15.0 Å². The van der Waals surface area contributed by atoms with Gasteiger partial charge in [0.1, 0.15) is 11.3 Å². The predicted molar refractivity (Wildman–Crippen MR) is 102 cm³/mol. The number of aromatic nitrogens is 1. The van der Waals surface area contributed by atoms with Gasteiger partial charge in [-0.25, -0.2) is 4.79 Å². The van der Waals surface area contributed by atoms with Gasteiger partial charge in [-0.1, -0.05) is 0 Å². The fourth-order valence-corrected chi connectivity index (χ4v) is 3.94. The van der Waals surface area contributed by atoms with Gasteiger partial charge in [-0.15, -0.1) is 0 Å². The van der Waals surface area contributed by atoms with Crippen LogP contribution in [0.1, 0.15) is 28.9 Å². The summed E-state index contributed by atoms with van der Waals surface area (Å²) in [6.45, 7) is 2.62. The Labute approximate surface area is 162 Å². The summed E-state index contributed by atoms with van der Waals surface area (Å²) in [6, 6.07) is 7.02. The van der Waals surface area contributed by atoms with Crippen molar-refractivity contribution in [2.45, 2.75) is 25.3 Å². The van der Waals surface area contributed by atoms with Crippen molar-refractivity contribution in [1.82, 2.24) is 20.1 Å². The summed E-state index contributed by atoms with van der Waals surface area (Å²) >= 11 is 0. The van der Waals surface area contributed by atoms with Crippen LogP contribution < -0.4 is 10.1 Å². The SMILES string of the molecule is COc1ccc2cc(C(=O)N3CCC4(CC3)NC(=O)N(C)C4=O)c(C)nc2c1. The van der Waals surface area contributed by atoms with Crippen LogP contribution in [0.5, 0.6) is 5.75 Å². The maximum atomic E-state index is 13.1. The standard InChI is InChI=1S/C20H22N4O4/c1-12-15(10-13-4-5-14(28-3)11-16(13)21-12)17(25)24-8-6-20(7-9-24)18(26)23(2)19(27)22-20/h4-5,10-11H,6-9H2,1-3H3,(H,22,27). The number of nitrogens with one attached hydrogen (secondary N) is 1. The van der Waals surface area contributed by atoms with Gasteiger partial charge in [-0.05, 0) is 38.0 Å². The van der Waals surface area contributed by atoms with Crippen LogP contribution in [-0.4, -0.2) is 65.4 Å². The van der Waals surface area contributed by atoms with E-state index in [0.29, 0.717) is 42.9 Å². The molecule has 1 aromatic carbocycles. The first-order chi connectivity index (χ1) is 13.3. The monoisotopic (exact) mass is 382 g/mol. The molecular weight excluding hydrogens is 360 g/mol. The molecule has 28 heavy (non-hydrogen) atoms. The molecule has 1 N–H and O–H groups in total. The summed E-state index contributed by atoms with van der Waals surface area (Å²) in [5, 5.41) is 3.65. The molecule has 4 rings (SSSR count). The summed E-state index contributed by atoms with van der Waals surface area (Å²) < 4.78 is 5.23. The van der Waals surface area contributed by atoms with Crippen molar-refractivity contribution in [2.24, 2.45) is 0 Å². The molecule has 0 radical (unpaired) electrons. The molecule has 2 aromatic rings. The number of ether oxygens (including phenoxy) is 1. The number of nitrogens with zero attached hydrogens (tertiary/aromatic N) is 3. The second-order valence-corrected chi connectivity index (χ2v) is 7.35. The minimum atomic E-state index is -0.879. The average Bonchev–Trinajstić information content (AvgIpc) is 2.90. The van der Waals surface area contributed by atoms with E-state index in [1.807, 2.05) is 31.2 Å². The molecule has 0 bridgehead atoms. The van der Waals surface area contributed by atoms with Gasteiger partial charge in [-0.2, -0.15) is 0 Å². The number of likely N-dealkylation sites (tertiary alicyclic amines) is 1. The van der Waals surface area contributed by atoms with Crippen molar-refractivity contribution < 1.29 is 19.1 Å². The maximum absolute atomic E-state index is 13.1. The highest BCUT2D eigenvalue weighted by atomic mass is 16.5. The smallest absolute Gasteiger partial charge is 0.324 e. The number of aryl methyl sites for hydroxylation is 1. The van der Waals surface area contributed by atoms with E-state index in [2.05, 4.69) is 10.3 Å². The van der Waals surface area contributed by atoms with E-state index in [9.17, 15) is 14.4 Å². The number of imide groups is 1. The van der Waals surface area contributed by atoms with Crippen molar-refractivity contribution in [3.05, 3.63) is 35.5 Å². The Kier molecular flexibility index (Phi) is 4.21. The number of methoxy groups -OCH3 is 1. The van der Waals surface area contributed by atoms with Gasteiger partial charge >= 0.3 is 6.03 Å². The Morgan fingerprint density at radius 1 is 1.21 bits per heavy atom. The van der Waals surface area contributed by atoms with Crippen LogP contribution >= 0.6 is 0 Å². The molecule has 8 heteroatoms. The minimum absolute atomic E-state index is 0.109. The number of rotatable bonds is 2. The third-order valence-electron chi connectivity index (χ3n) is 5.71. The van der Waals surface area contributed by atoms with Gasteiger partial charge in [0, 0.05) is 31.6 Å². The lowest BCUT2D eigenvalue weighted by molar-refractivity contribution is -0.131. The number of fused-ring (bicyclic) bond motifs is 1. The molecule has 0 saturated carbocycles. The van der Waals surface area contributed by atoms with Gasteiger partial charge in [0.25, 0.3) is 11.8 Å². The molecular formula is C20H22N4O4. The van der Waals surface area contributed by atoms with Crippen molar-refractivity contribution in [3.8, 4) is 5.75 Å². The third kappa shape index (κ3) is 2.76. The average molecular weight is 382 g/mol. The zero-order chi connectivity index (χ0) is 20.1. The van der Waals surface area contributed by atoms with Crippen LogP contribution in [0.2, 0.25) is 0 Å². The van der Waals surface area contributed by atoms with E-state index in [4.69, 9.17) is 4.74 Å².